The van der Waals surface area contributed by atoms with E-state index in [0.717, 1.165) is 16.0 Å². The molecule has 2 aromatic rings. The lowest BCUT2D eigenvalue weighted by Gasteiger charge is -2.23. The van der Waals surface area contributed by atoms with Gasteiger partial charge in [-0.25, -0.2) is 9.48 Å². The number of carboxylic acid groups (broad SMARTS) is 1. The molecule has 0 saturated heterocycles. The van der Waals surface area contributed by atoms with Crippen LogP contribution in [0.4, 0.5) is 0 Å². The van der Waals surface area contributed by atoms with Crippen LogP contribution < -0.4 is 5.56 Å². The number of benzene rings is 1. The van der Waals surface area contributed by atoms with Gasteiger partial charge in [0.05, 0.1) is 10.9 Å². The molecule has 22 heavy (non-hydrogen) atoms. The van der Waals surface area contributed by atoms with Crippen LogP contribution in [0, 0.1) is 11.1 Å². The summed E-state index contributed by atoms with van der Waals surface area (Å²) in [5.74, 6) is -0.0178. The Hall–Kier alpha value is -2.15. The number of nitrogens with zero attached hydrogens (tertiary/aromatic N) is 2. The van der Waals surface area contributed by atoms with Crippen LogP contribution in [0.5, 0.6) is 0 Å². The molecular formula is C15H15N2O4S-. The smallest absolute Gasteiger partial charge is 0.328 e. The van der Waals surface area contributed by atoms with Gasteiger partial charge in [0, 0.05) is 12.2 Å². The maximum Gasteiger partial charge on any atom is 0.328 e. The van der Waals surface area contributed by atoms with Crippen molar-refractivity contribution in [1.29, 1.82) is 0 Å². The van der Waals surface area contributed by atoms with Gasteiger partial charge in [0.15, 0.2) is 6.04 Å². The fourth-order valence-electron chi connectivity index (χ4n) is 2.69. The first-order valence-corrected chi connectivity index (χ1v) is 7.98. The summed E-state index contributed by atoms with van der Waals surface area (Å²) in [7, 11) is 0. The van der Waals surface area contributed by atoms with E-state index in [9.17, 15) is 19.9 Å². The van der Waals surface area contributed by atoms with Gasteiger partial charge in [0.25, 0.3) is 5.56 Å². The van der Waals surface area contributed by atoms with Gasteiger partial charge in [-0.1, -0.05) is 24.6 Å². The highest BCUT2D eigenvalue weighted by atomic mass is 32.2. The van der Waals surface area contributed by atoms with Crippen molar-refractivity contribution in [3.8, 4) is 0 Å². The summed E-state index contributed by atoms with van der Waals surface area (Å²) in [5.41, 5.74) is 0.605. The fourth-order valence-corrected chi connectivity index (χ4v) is 3.83. The highest BCUT2D eigenvalue weighted by molar-refractivity contribution is 8.02. The molecule has 0 saturated carbocycles. The number of thioether (sulfide) groups is 1. The summed E-state index contributed by atoms with van der Waals surface area (Å²) < 4.78 is 0.809. The monoisotopic (exact) mass is 319 g/mol. The second-order valence-electron chi connectivity index (χ2n) is 5.43. The van der Waals surface area contributed by atoms with Crippen LogP contribution in [-0.2, 0) is 4.79 Å². The number of aliphatic carboxylic acids is 1. The molecule has 0 aliphatic carbocycles. The Labute approximate surface area is 130 Å². The van der Waals surface area contributed by atoms with E-state index in [-0.39, 0.29) is 23.2 Å². The Balaban J connectivity index is 2.10. The van der Waals surface area contributed by atoms with Gasteiger partial charge in [-0.15, -0.1) is 11.8 Å². The molecule has 1 N–H and O–H groups in total. The number of para-hydroxylation sites is 1. The molecule has 1 aliphatic rings. The van der Waals surface area contributed by atoms with E-state index in [0.29, 0.717) is 4.85 Å². The molecule has 1 aliphatic heterocycles. The number of carboxylic acids is 1. The van der Waals surface area contributed by atoms with Crippen molar-refractivity contribution in [3.63, 3.8) is 0 Å². The second kappa shape index (κ2) is 5.57. The SMILES string of the molecule is CC1CSC=C1CC(C(=O)O)n1c(=O)c2ccccc2n1[O-]. The molecule has 3 rings (SSSR count). The minimum Gasteiger partial charge on any atom is -0.791 e. The van der Waals surface area contributed by atoms with Crippen molar-refractivity contribution >= 4 is 28.6 Å². The average Bonchev–Trinajstić information content (AvgIpc) is 3.00. The molecule has 1 aromatic carbocycles. The highest BCUT2D eigenvalue weighted by Gasteiger charge is 2.28. The molecule has 7 heteroatoms. The summed E-state index contributed by atoms with van der Waals surface area (Å²) in [6.45, 7) is 2.01. The van der Waals surface area contributed by atoms with Crippen LogP contribution in [0.3, 0.4) is 0 Å². The second-order valence-corrected chi connectivity index (χ2v) is 6.33. The van der Waals surface area contributed by atoms with Gasteiger partial charge in [-0.3, -0.25) is 4.79 Å². The average molecular weight is 319 g/mol. The number of fused-ring (bicyclic) bond motifs is 1. The summed E-state index contributed by atoms with van der Waals surface area (Å²) in [6.07, 6.45) is 0.169. The van der Waals surface area contributed by atoms with Gasteiger partial charge in [-0.05, 0) is 23.5 Å². The highest BCUT2D eigenvalue weighted by Crippen LogP contribution is 2.33. The molecule has 1 aromatic heterocycles. The molecule has 2 heterocycles. The summed E-state index contributed by atoms with van der Waals surface area (Å²) in [4.78, 5) is 24.4. The van der Waals surface area contributed by atoms with E-state index in [1.54, 1.807) is 23.9 Å². The first-order chi connectivity index (χ1) is 10.5. The number of hydrogen-bond acceptors (Lipinski definition) is 4. The molecule has 0 bridgehead atoms. The van der Waals surface area contributed by atoms with E-state index in [1.807, 2.05) is 12.3 Å². The molecule has 0 fully saturated rings. The number of carbonyl (C=O) groups is 1. The number of rotatable bonds is 4. The molecular weight excluding hydrogens is 304 g/mol. The Bertz CT molecular complexity index is 821. The van der Waals surface area contributed by atoms with Gasteiger partial charge in [0.2, 0.25) is 0 Å². The Morgan fingerprint density at radius 2 is 2.23 bits per heavy atom. The summed E-state index contributed by atoms with van der Waals surface area (Å²) in [5, 5.41) is 24.0. The van der Waals surface area contributed by atoms with Gasteiger partial charge in [-0.2, -0.15) is 0 Å². The van der Waals surface area contributed by atoms with Crippen molar-refractivity contribution in [2.24, 2.45) is 5.92 Å². The normalized spacial score (nSPS) is 19.3. The molecule has 2 unspecified atom stereocenters. The standard InChI is InChI=1S/C15H15N2O4S/c1-9-7-22-8-10(9)6-13(15(19)20)16-14(18)11-4-2-3-5-12(11)17(16)21/h2-5,8-9,13H,6-7H2,1H3,(H,19,20)/q-1. The Kier molecular flexibility index (Phi) is 3.74. The van der Waals surface area contributed by atoms with E-state index < -0.39 is 17.6 Å². The van der Waals surface area contributed by atoms with Crippen LogP contribution in [0.15, 0.2) is 40.0 Å². The largest absolute Gasteiger partial charge is 0.791 e. The van der Waals surface area contributed by atoms with Crippen LogP contribution in [-0.4, -0.2) is 26.4 Å². The van der Waals surface area contributed by atoms with Crippen LogP contribution >= 0.6 is 11.8 Å². The van der Waals surface area contributed by atoms with Crippen molar-refractivity contribution < 1.29 is 9.90 Å². The summed E-state index contributed by atoms with van der Waals surface area (Å²) >= 11 is 1.63. The van der Waals surface area contributed by atoms with Crippen molar-refractivity contribution in [2.75, 3.05) is 5.75 Å². The zero-order valence-electron chi connectivity index (χ0n) is 11.9. The molecule has 0 spiro atoms. The third-order valence-electron chi connectivity index (χ3n) is 3.97. The molecule has 6 nitrogen and oxygen atoms in total. The van der Waals surface area contributed by atoms with Gasteiger partial charge < -0.3 is 15.2 Å². The Morgan fingerprint density at radius 3 is 2.82 bits per heavy atom. The number of allylic oxidation sites excluding steroid dienone is 1. The minimum absolute atomic E-state index is 0.169. The van der Waals surface area contributed by atoms with Gasteiger partial charge in [0.1, 0.15) is 0 Å². The first kappa shape index (κ1) is 14.8. The third kappa shape index (κ3) is 2.31. The van der Waals surface area contributed by atoms with E-state index >= 15 is 0 Å². The maximum atomic E-state index is 12.4. The third-order valence-corrected chi connectivity index (χ3v) is 5.13. The van der Waals surface area contributed by atoms with E-state index in [2.05, 4.69) is 0 Å². The molecule has 0 radical (unpaired) electrons. The predicted molar refractivity (Wildman–Crippen MR) is 86.0 cm³/mol. The maximum absolute atomic E-state index is 12.4. The van der Waals surface area contributed by atoms with Crippen molar-refractivity contribution in [3.05, 3.63) is 50.8 Å². The Morgan fingerprint density at radius 1 is 1.50 bits per heavy atom. The minimum atomic E-state index is -1.19. The first-order valence-electron chi connectivity index (χ1n) is 6.93. The molecule has 0 amide bonds. The van der Waals surface area contributed by atoms with Crippen LogP contribution in [0.1, 0.15) is 19.4 Å². The van der Waals surface area contributed by atoms with E-state index in [1.165, 1.54) is 12.1 Å². The van der Waals surface area contributed by atoms with Crippen LogP contribution in [0.2, 0.25) is 0 Å². The lowest BCUT2D eigenvalue weighted by Crippen LogP contribution is -2.32. The quantitative estimate of drug-likeness (QED) is 0.935. The van der Waals surface area contributed by atoms with Gasteiger partial charge >= 0.3 is 5.97 Å². The zero-order valence-corrected chi connectivity index (χ0v) is 12.7. The van der Waals surface area contributed by atoms with E-state index in [4.69, 9.17) is 0 Å². The lowest BCUT2D eigenvalue weighted by atomic mass is 9.98. The zero-order chi connectivity index (χ0) is 15.9. The predicted octanol–water partition coefficient (Wildman–Crippen LogP) is 2.43. The topological polar surface area (TPSA) is 87.3 Å². The fraction of sp³-hybridized carbons (Fsp3) is 0.333. The molecule has 116 valence electrons. The molecule has 2 atom stereocenters. The van der Waals surface area contributed by atoms with Crippen molar-refractivity contribution in [2.45, 2.75) is 19.4 Å². The summed E-state index contributed by atoms with van der Waals surface area (Å²) in [6, 6.07) is 5.17. The lowest BCUT2D eigenvalue weighted by molar-refractivity contribution is -0.141. The van der Waals surface area contributed by atoms with Crippen LogP contribution in [0.25, 0.3) is 10.9 Å². The number of aromatic nitrogens is 2. The van der Waals surface area contributed by atoms with Crippen molar-refractivity contribution in [1.82, 2.24) is 9.53 Å². The number of hydrogen-bond donors (Lipinski definition) is 1.